The summed E-state index contributed by atoms with van der Waals surface area (Å²) in [4.78, 5) is 13.6. The lowest BCUT2D eigenvalue weighted by atomic mass is 9.60. The fourth-order valence-corrected chi connectivity index (χ4v) is 6.03. The number of benzene rings is 2. The van der Waals surface area contributed by atoms with E-state index in [-0.39, 0.29) is 0 Å². The summed E-state index contributed by atoms with van der Waals surface area (Å²) in [6, 6.07) is 19.5. The Bertz CT molecular complexity index is 982. The third kappa shape index (κ3) is 5.23. The number of nitrogens with zero attached hydrogens (tertiary/aromatic N) is 1. The average molecular weight is 445 g/mol. The van der Waals surface area contributed by atoms with Crippen molar-refractivity contribution in [1.82, 2.24) is 10.2 Å². The van der Waals surface area contributed by atoms with Gasteiger partial charge in [-0.25, -0.2) is 4.79 Å². The second kappa shape index (κ2) is 9.44. The molecule has 2 N–H and O–H groups in total. The van der Waals surface area contributed by atoms with E-state index in [9.17, 15) is 4.79 Å². The number of hydrogen-bond donors (Lipinski definition) is 2. The molecule has 1 heterocycles. The zero-order chi connectivity index (χ0) is 22.8. The first kappa shape index (κ1) is 22.4. The molecule has 1 saturated heterocycles. The lowest BCUT2D eigenvalue weighted by Gasteiger charge is -2.52. The molecule has 3 fully saturated rings. The van der Waals surface area contributed by atoms with Crippen molar-refractivity contribution in [3.05, 3.63) is 76.9 Å². The van der Waals surface area contributed by atoms with Gasteiger partial charge in [0.25, 0.3) is 0 Å². The van der Waals surface area contributed by atoms with E-state index in [1.165, 1.54) is 43.2 Å². The Balaban J connectivity index is 1.05. The van der Waals surface area contributed by atoms with Gasteiger partial charge in [-0.3, -0.25) is 4.90 Å². The summed E-state index contributed by atoms with van der Waals surface area (Å²) in [5.41, 5.74) is 5.05. The van der Waals surface area contributed by atoms with Crippen molar-refractivity contribution in [1.29, 1.82) is 0 Å². The molecule has 33 heavy (non-hydrogen) atoms. The molecule has 2 unspecified atom stereocenters. The molecule has 0 bridgehead atoms. The average Bonchev–Trinajstić information content (AvgIpc) is 3.58. The second-order valence-electron chi connectivity index (χ2n) is 10.5. The van der Waals surface area contributed by atoms with Crippen LogP contribution in [0.3, 0.4) is 0 Å². The number of nitrogens with one attached hydrogen (secondary N) is 1. The summed E-state index contributed by atoms with van der Waals surface area (Å²) in [5.74, 6) is -0.133. The second-order valence-corrected chi connectivity index (χ2v) is 10.5. The normalized spacial score (nSPS) is 25.1. The highest BCUT2D eigenvalue weighted by Crippen LogP contribution is 2.51. The zero-order valence-corrected chi connectivity index (χ0v) is 19.7. The molecule has 174 valence electrons. The van der Waals surface area contributed by atoms with E-state index in [2.05, 4.69) is 53.5 Å². The van der Waals surface area contributed by atoms with Crippen molar-refractivity contribution in [2.45, 2.75) is 64.1 Å². The van der Waals surface area contributed by atoms with Crippen LogP contribution < -0.4 is 5.32 Å². The van der Waals surface area contributed by atoms with Crippen molar-refractivity contribution in [3.8, 4) is 0 Å². The van der Waals surface area contributed by atoms with Gasteiger partial charge >= 0.3 is 5.97 Å². The lowest BCUT2D eigenvalue weighted by Crippen LogP contribution is -2.54. The van der Waals surface area contributed by atoms with Crippen LogP contribution in [0.4, 0.5) is 0 Å². The van der Waals surface area contributed by atoms with Crippen molar-refractivity contribution in [2.75, 3.05) is 13.1 Å². The van der Waals surface area contributed by atoms with Crippen molar-refractivity contribution in [3.63, 3.8) is 0 Å². The molecule has 5 rings (SSSR count). The smallest absolute Gasteiger partial charge is 0.335 e. The molecule has 0 amide bonds. The van der Waals surface area contributed by atoms with Gasteiger partial charge in [0.1, 0.15) is 0 Å². The van der Waals surface area contributed by atoms with Crippen LogP contribution in [0.15, 0.2) is 60.2 Å². The minimum Gasteiger partial charge on any atom is -0.478 e. The number of aromatic carboxylic acids is 1. The molecule has 4 heteroatoms. The molecular weight excluding hydrogens is 408 g/mol. The van der Waals surface area contributed by atoms with Gasteiger partial charge in [0, 0.05) is 18.6 Å². The van der Waals surface area contributed by atoms with E-state index >= 15 is 0 Å². The molecule has 4 nitrogen and oxygen atoms in total. The largest absolute Gasteiger partial charge is 0.478 e. The number of hydrogen-bond acceptors (Lipinski definition) is 3. The molecule has 2 aromatic carbocycles. The molecular formula is C29H36N2O2. The predicted octanol–water partition coefficient (Wildman–Crippen LogP) is 5.60. The van der Waals surface area contributed by atoms with E-state index in [0.717, 1.165) is 32.0 Å². The number of likely N-dealkylation sites (tertiary alicyclic amines) is 1. The van der Waals surface area contributed by atoms with Gasteiger partial charge < -0.3 is 10.4 Å². The number of carbonyl (C=O) groups is 1. The van der Waals surface area contributed by atoms with Gasteiger partial charge in [0.15, 0.2) is 0 Å². The SMILES string of the molecule is CC/C(=C\c1ccccc1)C1CC1NC1CC2(CCN(Cc3ccc(C(=O)O)cc3)CC2)C1. The Morgan fingerprint density at radius 2 is 1.79 bits per heavy atom. The lowest BCUT2D eigenvalue weighted by molar-refractivity contribution is 0.00296. The van der Waals surface area contributed by atoms with Crippen LogP contribution in [0.1, 0.15) is 66.9 Å². The van der Waals surface area contributed by atoms with E-state index in [4.69, 9.17) is 5.11 Å². The Morgan fingerprint density at radius 3 is 2.42 bits per heavy atom. The first-order valence-corrected chi connectivity index (χ1v) is 12.6. The molecule has 2 aliphatic carbocycles. The topological polar surface area (TPSA) is 52.6 Å². The molecule has 3 aliphatic rings. The predicted molar refractivity (Wildman–Crippen MR) is 133 cm³/mol. The van der Waals surface area contributed by atoms with Crippen LogP contribution >= 0.6 is 0 Å². The summed E-state index contributed by atoms with van der Waals surface area (Å²) in [5, 5.41) is 13.0. The van der Waals surface area contributed by atoms with Crippen LogP contribution in [-0.4, -0.2) is 41.1 Å². The number of carboxylic acids is 1. The number of carboxylic acid groups (broad SMARTS) is 1. The summed E-state index contributed by atoms with van der Waals surface area (Å²) < 4.78 is 0. The Labute approximate surface area is 197 Å². The van der Waals surface area contributed by atoms with Gasteiger partial charge in [-0.2, -0.15) is 0 Å². The highest BCUT2D eigenvalue weighted by Gasteiger charge is 2.49. The first-order valence-electron chi connectivity index (χ1n) is 12.6. The minimum atomic E-state index is -0.856. The van der Waals surface area contributed by atoms with Crippen molar-refractivity contribution < 1.29 is 9.90 Å². The monoisotopic (exact) mass is 444 g/mol. The van der Waals surface area contributed by atoms with E-state index in [1.54, 1.807) is 17.7 Å². The van der Waals surface area contributed by atoms with Gasteiger partial charge in [-0.05, 0) is 86.2 Å². The van der Waals surface area contributed by atoms with Crippen LogP contribution in [-0.2, 0) is 6.54 Å². The first-order chi connectivity index (χ1) is 16.0. The van der Waals surface area contributed by atoms with Crippen LogP contribution in [0.5, 0.6) is 0 Å². The summed E-state index contributed by atoms with van der Waals surface area (Å²) in [6.07, 6.45) is 10.1. The maximum atomic E-state index is 11.0. The maximum absolute atomic E-state index is 11.0. The highest BCUT2D eigenvalue weighted by molar-refractivity contribution is 5.87. The molecule has 0 radical (unpaired) electrons. The van der Waals surface area contributed by atoms with Gasteiger partial charge in [-0.15, -0.1) is 0 Å². The van der Waals surface area contributed by atoms with Crippen LogP contribution in [0, 0.1) is 11.3 Å². The summed E-state index contributed by atoms with van der Waals surface area (Å²) in [7, 11) is 0. The third-order valence-electron chi connectivity index (χ3n) is 8.16. The highest BCUT2D eigenvalue weighted by atomic mass is 16.4. The van der Waals surface area contributed by atoms with E-state index in [0.29, 0.717) is 23.1 Å². The molecule has 1 aliphatic heterocycles. The van der Waals surface area contributed by atoms with E-state index in [1.807, 2.05) is 12.1 Å². The fraction of sp³-hybridized carbons (Fsp3) is 0.483. The zero-order valence-electron chi connectivity index (χ0n) is 19.7. The molecule has 1 spiro atoms. The Hall–Kier alpha value is -2.43. The third-order valence-corrected chi connectivity index (χ3v) is 8.16. The molecule has 2 aromatic rings. The number of rotatable bonds is 8. The fourth-order valence-electron chi connectivity index (χ4n) is 6.03. The summed E-state index contributed by atoms with van der Waals surface area (Å²) in [6.45, 7) is 5.52. The molecule has 2 atom stereocenters. The van der Waals surface area contributed by atoms with Gasteiger partial charge in [-0.1, -0.05) is 61.0 Å². The van der Waals surface area contributed by atoms with Crippen LogP contribution in [0.2, 0.25) is 0 Å². The minimum absolute atomic E-state index is 0.365. The molecule has 0 aromatic heterocycles. The maximum Gasteiger partial charge on any atom is 0.335 e. The molecule has 2 saturated carbocycles. The van der Waals surface area contributed by atoms with Crippen molar-refractivity contribution >= 4 is 12.0 Å². The standard InChI is InChI=1S/C29H36N2O2/c1-2-23(16-21-6-4-3-5-7-21)26-17-27(26)30-25-18-29(19-25)12-14-31(15-13-29)20-22-8-10-24(11-9-22)28(32)33/h3-11,16,25-27,30H,2,12-15,17-20H2,1H3,(H,32,33)/b23-16+. The van der Waals surface area contributed by atoms with Crippen molar-refractivity contribution in [2.24, 2.45) is 11.3 Å². The van der Waals surface area contributed by atoms with E-state index < -0.39 is 5.97 Å². The quantitative estimate of drug-likeness (QED) is 0.556. The Morgan fingerprint density at radius 1 is 1.09 bits per heavy atom. The van der Waals surface area contributed by atoms with Gasteiger partial charge in [0.05, 0.1) is 5.56 Å². The van der Waals surface area contributed by atoms with Crippen LogP contribution in [0.25, 0.3) is 6.08 Å². The Kier molecular flexibility index (Phi) is 6.40. The summed E-state index contributed by atoms with van der Waals surface area (Å²) >= 11 is 0. The van der Waals surface area contributed by atoms with Gasteiger partial charge in [0.2, 0.25) is 0 Å². The number of piperidine rings is 1.